The summed E-state index contributed by atoms with van der Waals surface area (Å²) in [6, 6.07) is 14.5. The van der Waals surface area contributed by atoms with Gasteiger partial charge in [0.05, 0.1) is 33.5 Å². The molecule has 168 valence electrons. The number of rotatable bonds is 10. The molecule has 1 N–H and O–H groups in total. The van der Waals surface area contributed by atoms with E-state index in [0.717, 1.165) is 31.5 Å². The Balaban J connectivity index is 1.59. The second kappa shape index (κ2) is 11.7. The molecular weight excluding hydrogens is 392 g/mol. The van der Waals surface area contributed by atoms with Crippen LogP contribution in [0.2, 0.25) is 0 Å². The molecule has 1 heterocycles. The lowest BCUT2D eigenvalue weighted by molar-refractivity contribution is -0.121. The van der Waals surface area contributed by atoms with Crippen LogP contribution in [0.15, 0.2) is 42.5 Å². The minimum Gasteiger partial charge on any atom is -0.493 e. The Morgan fingerprint density at radius 1 is 1.06 bits per heavy atom. The van der Waals surface area contributed by atoms with Crippen LogP contribution in [0.25, 0.3) is 0 Å². The molecule has 0 aromatic heterocycles. The van der Waals surface area contributed by atoms with Gasteiger partial charge in [-0.1, -0.05) is 35.9 Å². The molecule has 1 fully saturated rings. The van der Waals surface area contributed by atoms with Gasteiger partial charge in [-0.15, -0.1) is 0 Å². The van der Waals surface area contributed by atoms with Crippen molar-refractivity contribution in [1.29, 1.82) is 0 Å². The topological polar surface area (TPSA) is 60.0 Å². The van der Waals surface area contributed by atoms with E-state index in [0.29, 0.717) is 37.7 Å². The van der Waals surface area contributed by atoms with Gasteiger partial charge in [0, 0.05) is 26.1 Å². The van der Waals surface area contributed by atoms with Gasteiger partial charge in [-0.05, 0) is 43.0 Å². The molecule has 0 aliphatic carbocycles. The number of ether oxygens (including phenoxy) is 3. The van der Waals surface area contributed by atoms with Crippen LogP contribution >= 0.6 is 0 Å². The fourth-order valence-electron chi connectivity index (χ4n) is 3.91. The average molecular weight is 427 g/mol. The lowest BCUT2D eigenvalue weighted by atomic mass is 10.0. The van der Waals surface area contributed by atoms with E-state index < -0.39 is 0 Å². The van der Waals surface area contributed by atoms with Gasteiger partial charge in [-0.2, -0.15) is 0 Å². The minimum absolute atomic E-state index is 0.0600. The highest BCUT2D eigenvalue weighted by Gasteiger charge is 2.24. The monoisotopic (exact) mass is 426 g/mol. The standard InChI is InChI=1S/C25H34N2O4/c1-19-7-9-20(10-8-19)5-4-6-25(28)26-18-22(27-13-15-31-16-14-27)21-11-12-23(29-2)24(17-21)30-3/h7-12,17,22H,4-6,13-16,18H2,1-3H3,(H,26,28). The molecule has 1 aliphatic rings. The number of hydrogen-bond donors (Lipinski definition) is 1. The maximum absolute atomic E-state index is 12.5. The fourth-order valence-corrected chi connectivity index (χ4v) is 3.91. The predicted octanol–water partition coefficient (Wildman–Crippen LogP) is 3.52. The molecule has 1 saturated heterocycles. The first-order chi connectivity index (χ1) is 15.1. The number of benzene rings is 2. The highest BCUT2D eigenvalue weighted by atomic mass is 16.5. The Morgan fingerprint density at radius 2 is 1.77 bits per heavy atom. The van der Waals surface area contributed by atoms with Gasteiger partial charge in [-0.3, -0.25) is 9.69 Å². The molecule has 6 nitrogen and oxygen atoms in total. The lowest BCUT2D eigenvalue weighted by Gasteiger charge is -2.35. The predicted molar refractivity (Wildman–Crippen MR) is 122 cm³/mol. The summed E-state index contributed by atoms with van der Waals surface area (Å²) in [7, 11) is 3.27. The van der Waals surface area contributed by atoms with Crippen molar-refractivity contribution in [2.45, 2.75) is 32.2 Å². The zero-order valence-corrected chi connectivity index (χ0v) is 18.9. The molecule has 3 rings (SSSR count). The smallest absolute Gasteiger partial charge is 0.220 e. The van der Waals surface area contributed by atoms with E-state index in [4.69, 9.17) is 14.2 Å². The van der Waals surface area contributed by atoms with Crippen LogP contribution in [0.1, 0.15) is 35.6 Å². The third-order valence-electron chi connectivity index (χ3n) is 5.76. The van der Waals surface area contributed by atoms with Gasteiger partial charge in [0.15, 0.2) is 11.5 Å². The van der Waals surface area contributed by atoms with Gasteiger partial charge in [0.2, 0.25) is 5.91 Å². The number of aryl methyl sites for hydroxylation is 2. The highest BCUT2D eigenvalue weighted by Crippen LogP contribution is 2.32. The molecule has 0 saturated carbocycles. The molecule has 2 aromatic rings. The molecule has 0 spiro atoms. The van der Waals surface area contributed by atoms with Gasteiger partial charge in [-0.25, -0.2) is 0 Å². The normalized spacial score (nSPS) is 15.3. The third kappa shape index (κ3) is 6.71. The van der Waals surface area contributed by atoms with Gasteiger partial charge >= 0.3 is 0 Å². The molecule has 1 aliphatic heterocycles. The van der Waals surface area contributed by atoms with Crippen LogP contribution < -0.4 is 14.8 Å². The second-order valence-corrected chi connectivity index (χ2v) is 7.92. The number of carbonyl (C=O) groups is 1. The van der Waals surface area contributed by atoms with Gasteiger partial charge < -0.3 is 19.5 Å². The van der Waals surface area contributed by atoms with E-state index in [9.17, 15) is 4.79 Å². The SMILES string of the molecule is COc1ccc(C(CNC(=O)CCCc2ccc(C)cc2)N2CCOCC2)cc1OC. The summed E-state index contributed by atoms with van der Waals surface area (Å²) in [5.74, 6) is 1.49. The van der Waals surface area contributed by atoms with Crippen LogP contribution in [-0.2, 0) is 16.0 Å². The largest absolute Gasteiger partial charge is 0.493 e. The number of morpholine rings is 1. The van der Waals surface area contributed by atoms with Crippen molar-refractivity contribution in [3.63, 3.8) is 0 Å². The van der Waals surface area contributed by atoms with E-state index in [-0.39, 0.29) is 11.9 Å². The van der Waals surface area contributed by atoms with Crippen molar-refractivity contribution in [3.8, 4) is 11.5 Å². The first kappa shape index (κ1) is 23.1. The summed E-state index contributed by atoms with van der Waals surface area (Å²) in [5.41, 5.74) is 3.63. The number of nitrogens with one attached hydrogen (secondary N) is 1. The first-order valence-corrected chi connectivity index (χ1v) is 11.0. The van der Waals surface area contributed by atoms with Crippen molar-refractivity contribution in [2.24, 2.45) is 0 Å². The number of carbonyl (C=O) groups excluding carboxylic acids is 1. The molecule has 1 unspecified atom stereocenters. The van der Waals surface area contributed by atoms with Crippen molar-refractivity contribution < 1.29 is 19.0 Å². The summed E-state index contributed by atoms with van der Waals surface area (Å²) in [4.78, 5) is 14.9. The van der Waals surface area contributed by atoms with Crippen LogP contribution in [-0.4, -0.2) is 57.9 Å². The molecule has 31 heavy (non-hydrogen) atoms. The zero-order valence-electron chi connectivity index (χ0n) is 18.9. The highest BCUT2D eigenvalue weighted by molar-refractivity contribution is 5.75. The van der Waals surface area contributed by atoms with E-state index in [1.165, 1.54) is 11.1 Å². The molecule has 1 atom stereocenters. The van der Waals surface area contributed by atoms with Crippen molar-refractivity contribution in [3.05, 3.63) is 59.2 Å². The zero-order chi connectivity index (χ0) is 22.1. The molecule has 2 aromatic carbocycles. The second-order valence-electron chi connectivity index (χ2n) is 7.92. The Kier molecular flexibility index (Phi) is 8.74. The maximum atomic E-state index is 12.5. The number of amides is 1. The van der Waals surface area contributed by atoms with Crippen LogP contribution in [0.5, 0.6) is 11.5 Å². The third-order valence-corrected chi connectivity index (χ3v) is 5.76. The van der Waals surface area contributed by atoms with Crippen molar-refractivity contribution in [2.75, 3.05) is 47.1 Å². The van der Waals surface area contributed by atoms with Crippen LogP contribution in [0.3, 0.4) is 0 Å². The van der Waals surface area contributed by atoms with Crippen LogP contribution in [0, 0.1) is 6.92 Å². The van der Waals surface area contributed by atoms with E-state index in [1.54, 1.807) is 14.2 Å². The Morgan fingerprint density at radius 3 is 2.45 bits per heavy atom. The molecular formula is C25H34N2O4. The van der Waals surface area contributed by atoms with Gasteiger partial charge in [0.1, 0.15) is 0 Å². The Hall–Kier alpha value is -2.57. The first-order valence-electron chi connectivity index (χ1n) is 11.0. The number of methoxy groups -OCH3 is 2. The maximum Gasteiger partial charge on any atom is 0.220 e. The fraction of sp³-hybridized carbons (Fsp3) is 0.480. The van der Waals surface area contributed by atoms with E-state index in [2.05, 4.69) is 41.4 Å². The number of nitrogens with zero attached hydrogens (tertiary/aromatic N) is 1. The molecule has 1 amide bonds. The molecule has 6 heteroatoms. The molecule has 0 radical (unpaired) electrons. The lowest BCUT2D eigenvalue weighted by Crippen LogP contribution is -2.43. The summed E-state index contributed by atoms with van der Waals surface area (Å²) < 4.78 is 16.4. The van der Waals surface area contributed by atoms with Crippen LogP contribution in [0.4, 0.5) is 0 Å². The Labute approximate surface area is 185 Å². The van der Waals surface area contributed by atoms with Crippen molar-refractivity contribution in [1.82, 2.24) is 10.2 Å². The summed E-state index contributed by atoms with van der Waals surface area (Å²) in [5, 5.41) is 3.15. The van der Waals surface area contributed by atoms with E-state index >= 15 is 0 Å². The van der Waals surface area contributed by atoms with Crippen molar-refractivity contribution >= 4 is 5.91 Å². The Bertz CT molecular complexity index is 832. The summed E-state index contributed by atoms with van der Waals surface area (Å²) in [6.07, 6.45) is 2.28. The van der Waals surface area contributed by atoms with Gasteiger partial charge in [0.25, 0.3) is 0 Å². The average Bonchev–Trinajstić information content (AvgIpc) is 2.81. The summed E-state index contributed by atoms with van der Waals surface area (Å²) in [6.45, 7) is 5.71. The molecule has 0 bridgehead atoms. The quantitative estimate of drug-likeness (QED) is 0.630. The van der Waals surface area contributed by atoms with E-state index in [1.807, 2.05) is 18.2 Å². The summed E-state index contributed by atoms with van der Waals surface area (Å²) >= 11 is 0. The minimum atomic E-state index is 0.0600. The number of hydrogen-bond acceptors (Lipinski definition) is 5.